The van der Waals surface area contributed by atoms with Crippen molar-refractivity contribution in [2.75, 3.05) is 39.0 Å². The predicted octanol–water partition coefficient (Wildman–Crippen LogP) is 2.62. The monoisotopic (exact) mass is 325 g/mol. The highest BCUT2D eigenvalue weighted by atomic mass is 16.3. The number of nitrogens with two attached hydrogens (primary N) is 1. The molecule has 0 spiro atoms. The number of anilines is 1. The maximum absolute atomic E-state index is 12.2. The van der Waals surface area contributed by atoms with Crippen LogP contribution in [-0.2, 0) is 4.79 Å². The Morgan fingerprint density at radius 3 is 2.62 bits per heavy atom. The Bertz CT molecular complexity index is 756. The molecule has 0 atom stereocenters. The van der Waals surface area contributed by atoms with Crippen molar-refractivity contribution in [2.45, 2.75) is 6.92 Å². The van der Waals surface area contributed by atoms with E-state index in [-0.39, 0.29) is 5.91 Å². The van der Waals surface area contributed by atoms with Gasteiger partial charge in [0.2, 0.25) is 5.91 Å². The van der Waals surface area contributed by atoms with Gasteiger partial charge in [0.1, 0.15) is 11.5 Å². The summed E-state index contributed by atoms with van der Waals surface area (Å²) in [4.78, 5) is 16.3. The molecule has 2 aromatic rings. The first-order valence-electron chi connectivity index (χ1n) is 8.15. The van der Waals surface area contributed by atoms with Crippen molar-refractivity contribution in [1.82, 2.24) is 9.80 Å². The highest BCUT2D eigenvalue weighted by molar-refractivity contribution is 5.91. The predicted molar refractivity (Wildman–Crippen MR) is 96.4 cm³/mol. The molecule has 1 aromatic carbocycles. The fourth-order valence-corrected chi connectivity index (χ4v) is 2.84. The second-order valence-corrected chi connectivity index (χ2v) is 6.24. The van der Waals surface area contributed by atoms with Gasteiger partial charge in [-0.15, -0.1) is 0 Å². The fourth-order valence-electron chi connectivity index (χ4n) is 2.84. The van der Waals surface area contributed by atoms with Crippen LogP contribution in [0.4, 0.5) is 5.69 Å². The highest BCUT2D eigenvalue weighted by Gasteiger charge is 2.17. The molecule has 1 aromatic heterocycles. The molecule has 3 rings (SSSR count). The van der Waals surface area contributed by atoms with E-state index in [9.17, 15) is 4.79 Å². The van der Waals surface area contributed by atoms with E-state index in [0.29, 0.717) is 5.76 Å². The van der Waals surface area contributed by atoms with Crippen molar-refractivity contribution in [3.05, 3.63) is 47.7 Å². The van der Waals surface area contributed by atoms with Crippen LogP contribution >= 0.6 is 0 Å². The van der Waals surface area contributed by atoms with E-state index in [1.54, 1.807) is 12.2 Å². The molecule has 0 aliphatic carbocycles. The fraction of sp³-hybridized carbons (Fsp3) is 0.316. The van der Waals surface area contributed by atoms with Gasteiger partial charge in [-0.1, -0.05) is 0 Å². The summed E-state index contributed by atoms with van der Waals surface area (Å²) >= 11 is 0. The van der Waals surface area contributed by atoms with Gasteiger partial charge in [0.05, 0.1) is 0 Å². The van der Waals surface area contributed by atoms with Crippen LogP contribution in [0, 0.1) is 6.92 Å². The number of carbonyl (C=O) groups is 1. The molecule has 0 radical (unpaired) electrons. The molecule has 24 heavy (non-hydrogen) atoms. The number of likely N-dealkylation sites (N-methyl/N-ethyl adjacent to an activating group) is 1. The summed E-state index contributed by atoms with van der Waals surface area (Å²) in [6.45, 7) is 5.38. The normalized spacial score (nSPS) is 16.0. The number of hydrogen-bond donors (Lipinski definition) is 1. The number of furan rings is 1. The Kier molecular flexibility index (Phi) is 4.71. The quantitative estimate of drug-likeness (QED) is 0.696. The van der Waals surface area contributed by atoms with Crippen molar-refractivity contribution in [3.8, 4) is 11.3 Å². The molecule has 2 N–H and O–H groups in total. The third-order valence-corrected chi connectivity index (χ3v) is 4.35. The minimum atomic E-state index is 0.0321. The molecule has 1 aliphatic rings. The molecular weight excluding hydrogens is 302 g/mol. The van der Waals surface area contributed by atoms with Crippen molar-refractivity contribution >= 4 is 17.7 Å². The van der Waals surface area contributed by atoms with E-state index in [1.165, 1.54) is 0 Å². The van der Waals surface area contributed by atoms with Gasteiger partial charge in [-0.25, -0.2) is 0 Å². The van der Waals surface area contributed by atoms with E-state index in [0.717, 1.165) is 48.8 Å². The molecule has 126 valence electrons. The van der Waals surface area contributed by atoms with Gasteiger partial charge < -0.3 is 20.0 Å². The van der Waals surface area contributed by atoms with Crippen LogP contribution in [-0.4, -0.2) is 48.9 Å². The number of rotatable bonds is 3. The average Bonchev–Trinajstić information content (AvgIpc) is 3.02. The summed E-state index contributed by atoms with van der Waals surface area (Å²) < 4.78 is 5.84. The molecule has 2 heterocycles. The smallest absolute Gasteiger partial charge is 0.246 e. The van der Waals surface area contributed by atoms with Crippen LogP contribution in [0.5, 0.6) is 0 Å². The minimum Gasteiger partial charge on any atom is -0.457 e. The first kappa shape index (κ1) is 16.3. The van der Waals surface area contributed by atoms with Gasteiger partial charge in [-0.05, 0) is 55.9 Å². The lowest BCUT2D eigenvalue weighted by atomic mass is 10.1. The first-order chi connectivity index (χ1) is 11.5. The Hall–Kier alpha value is -2.53. The Labute approximate surface area is 142 Å². The second kappa shape index (κ2) is 6.93. The Morgan fingerprint density at radius 2 is 1.92 bits per heavy atom. The maximum Gasteiger partial charge on any atom is 0.246 e. The van der Waals surface area contributed by atoms with Gasteiger partial charge in [0, 0.05) is 43.5 Å². The topological polar surface area (TPSA) is 62.7 Å². The standard InChI is InChI=1S/C19H23N3O2/c1-14-13-15(20)3-6-17(14)18-7-4-16(24-18)5-8-19(23)22-11-9-21(2)10-12-22/h3-8,13H,9-12,20H2,1-2H3/b8-5+. The molecule has 1 aliphatic heterocycles. The van der Waals surface area contributed by atoms with Crippen molar-refractivity contribution < 1.29 is 9.21 Å². The number of nitrogen functional groups attached to an aromatic ring is 1. The lowest BCUT2D eigenvalue weighted by molar-refractivity contribution is -0.127. The molecule has 1 fully saturated rings. The number of amides is 1. The van der Waals surface area contributed by atoms with Gasteiger partial charge in [-0.3, -0.25) is 4.79 Å². The zero-order chi connectivity index (χ0) is 17.1. The third-order valence-electron chi connectivity index (χ3n) is 4.35. The molecule has 1 saturated heterocycles. The average molecular weight is 325 g/mol. The number of aryl methyl sites for hydroxylation is 1. The Balaban J connectivity index is 1.68. The molecule has 1 amide bonds. The molecule has 5 heteroatoms. The number of nitrogens with zero attached hydrogens (tertiary/aromatic N) is 2. The van der Waals surface area contributed by atoms with Crippen LogP contribution < -0.4 is 5.73 Å². The lowest BCUT2D eigenvalue weighted by Crippen LogP contribution is -2.46. The summed E-state index contributed by atoms with van der Waals surface area (Å²) in [6, 6.07) is 9.52. The van der Waals surface area contributed by atoms with Crippen molar-refractivity contribution in [2.24, 2.45) is 0 Å². The highest BCUT2D eigenvalue weighted by Crippen LogP contribution is 2.27. The molecule has 5 nitrogen and oxygen atoms in total. The van der Waals surface area contributed by atoms with Crippen LogP contribution in [0.25, 0.3) is 17.4 Å². The van der Waals surface area contributed by atoms with Crippen molar-refractivity contribution in [1.29, 1.82) is 0 Å². The zero-order valence-electron chi connectivity index (χ0n) is 14.2. The summed E-state index contributed by atoms with van der Waals surface area (Å²) in [6.07, 6.45) is 3.32. The summed E-state index contributed by atoms with van der Waals surface area (Å²) in [5.41, 5.74) is 8.59. The molecule has 0 bridgehead atoms. The van der Waals surface area contributed by atoms with E-state index >= 15 is 0 Å². The largest absolute Gasteiger partial charge is 0.457 e. The zero-order valence-corrected chi connectivity index (χ0v) is 14.2. The number of hydrogen-bond acceptors (Lipinski definition) is 4. The first-order valence-corrected chi connectivity index (χ1v) is 8.15. The van der Waals surface area contributed by atoms with Crippen molar-refractivity contribution in [3.63, 3.8) is 0 Å². The SMILES string of the molecule is Cc1cc(N)ccc1-c1ccc(/C=C/C(=O)N2CCN(C)CC2)o1. The van der Waals surface area contributed by atoms with Crippen LogP contribution in [0.3, 0.4) is 0 Å². The minimum absolute atomic E-state index is 0.0321. The summed E-state index contributed by atoms with van der Waals surface area (Å²) in [7, 11) is 2.07. The number of benzene rings is 1. The van der Waals surface area contributed by atoms with E-state index in [2.05, 4.69) is 11.9 Å². The van der Waals surface area contributed by atoms with Gasteiger partial charge in [0.25, 0.3) is 0 Å². The van der Waals surface area contributed by atoms with Gasteiger partial charge in [0.15, 0.2) is 0 Å². The van der Waals surface area contributed by atoms with E-state index in [1.807, 2.05) is 42.2 Å². The van der Waals surface area contributed by atoms with Crippen LogP contribution in [0.15, 0.2) is 40.8 Å². The van der Waals surface area contributed by atoms with Gasteiger partial charge >= 0.3 is 0 Å². The maximum atomic E-state index is 12.2. The molecule has 0 saturated carbocycles. The molecular formula is C19H23N3O2. The second-order valence-electron chi connectivity index (χ2n) is 6.24. The van der Waals surface area contributed by atoms with E-state index < -0.39 is 0 Å². The lowest BCUT2D eigenvalue weighted by Gasteiger charge is -2.31. The number of carbonyl (C=O) groups excluding carboxylic acids is 1. The van der Waals surface area contributed by atoms with E-state index in [4.69, 9.17) is 10.2 Å². The van der Waals surface area contributed by atoms with Crippen LogP contribution in [0.2, 0.25) is 0 Å². The Morgan fingerprint density at radius 1 is 1.17 bits per heavy atom. The van der Waals surface area contributed by atoms with Crippen LogP contribution in [0.1, 0.15) is 11.3 Å². The summed E-state index contributed by atoms with van der Waals surface area (Å²) in [5, 5.41) is 0. The third kappa shape index (κ3) is 3.68. The number of piperazine rings is 1. The molecule has 0 unspecified atom stereocenters. The van der Waals surface area contributed by atoms with Gasteiger partial charge in [-0.2, -0.15) is 0 Å². The summed E-state index contributed by atoms with van der Waals surface area (Å²) in [5.74, 6) is 1.48.